The first-order valence-electron chi connectivity index (χ1n) is 14.1. The molecule has 9 nitrogen and oxygen atoms in total. The zero-order valence-corrected chi connectivity index (χ0v) is 25.3. The number of hydrogen-bond acceptors (Lipinski definition) is 7. The Bertz CT molecular complexity index is 1550. The number of nitrogens with zero attached hydrogens (tertiary/aromatic N) is 2. The van der Waals surface area contributed by atoms with Crippen molar-refractivity contribution in [1.29, 1.82) is 0 Å². The first kappa shape index (κ1) is 30.8. The topological polar surface area (TPSA) is 108 Å². The van der Waals surface area contributed by atoms with Crippen molar-refractivity contribution in [2.45, 2.75) is 26.7 Å². The molecule has 0 spiro atoms. The molecule has 1 aliphatic heterocycles. The van der Waals surface area contributed by atoms with Crippen molar-refractivity contribution >= 4 is 50.2 Å². The molecule has 0 saturated heterocycles. The zero-order valence-electron chi connectivity index (χ0n) is 24.5. The molecule has 3 aromatic rings. The molecule has 0 aromatic heterocycles. The highest BCUT2D eigenvalue weighted by atomic mass is 32.2. The average molecular weight is 591 g/mol. The third-order valence-electron chi connectivity index (χ3n) is 6.85. The predicted molar refractivity (Wildman–Crippen MR) is 169 cm³/mol. The summed E-state index contributed by atoms with van der Waals surface area (Å²) in [5.74, 6) is -0.663. The minimum Gasteiger partial charge on any atom is -0.462 e. The van der Waals surface area contributed by atoms with Crippen LogP contribution in [0.2, 0.25) is 0 Å². The van der Waals surface area contributed by atoms with Crippen LogP contribution < -0.4 is 14.9 Å². The van der Waals surface area contributed by atoms with Crippen LogP contribution in [0.25, 0.3) is 11.3 Å². The molecule has 2 N–H and O–H groups in total. The molecule has 0 saturated carbocycles. The highest BCUT2D eigenvalue weighted by Crippen LogP contribution is 2.38. The number of amides is 1. The smallest absolute Gasteiger partial charge is 0.338 e. The van der Waals surface area contributed by atoms with Gasteiger partial charge in [-0.2, -0.15) is 0 Å². The summed E-state index contributed by atoms with van der Waals surface area (Å²) in [6, 6.07) is 21.7. The van der Waals surface area contributed by atoms with Crippen LogP contribution in [0.3, 0.4) is 0 Å². The van der Waals surface area contributed by atoms with Gasteiger partial charge in [0.05, 0.1) is 40.6 Å². The summed E-state index contributed by atoms with van der Waals surface area (Å²) >= 11 is 0. The van der Waals surface area contributed by atoms with Gasteiger partial charge in [-0.3, -0.25) is 9.10 Å². The largest absolute Gasteiger partial charge is 0.462 e. The van der Waals surface area contributed by atoms with Crippen molar-refractivity contribution in [3.05, 3.63) is 89.5 Å². The highest BCUT2D eigenvalue weighted by molar-refractivity contribution is 7.92. The quantitative estimate of drug-likeness (QED) is 0.206. The number of nitrogens with one attached hydrogen (secondary N) is 2. The Morgan fingerprint density at radius 3 is 2.29 bits per heavy atom. The normalized spacial score (nSPS) is 13.9. The number of sulfonamides is 1. The van der Waals surface area contributed by atoms with E-state index in [1.807, 2.05) is 68.4 Å². The number of carbonyl (C=O) groups excluding carboxylic acids is 2. The molecule has 3 aromatic carbocycles. The fourth-order valence-electron chi connectivity index (χ4n) is 4.66. The fraction of sp³-hybridized carbons (Fsp3) is 0.312. The minimum absolute atomic E-state index is 0.0909. The van der Waals surface area contributed by atoms with E-state index in [-0.39, 0.29) is 18.3 Å². The maximum Gasteiger partial charge on any atom is 0.338 e. The van der Waals surface area contributed by atoms with Crippen molar-refractivity contribution in [3.8, 4) is 0 Å². The molecule has 222 valence electrons. The van der Waals surface area contributed by atoms with Gasteiger partial charge in [0.15, 0.2) is 0 Å². The van der Waals surface area contributed by atoms with Gasteiger partial charge in [0.1, 0.15) is 0 Å². The van der Waals surface area contributed by atoms with Crippen LogP contribution >= 0.6 is 0 Å². The van der Waals surface area contributed by atoms with Crippen LogP contribution in [0.4, 0.5) is 17.1 Å². The van der Waals surface area contributed by atoms with Gasteiger partial charge >= 0.3 is 5.97 Å². The molecule has 1 amide bonds. The molecule has 0 radical (unpaired) electrons. The lowest BCUT2D eigenvalue weighted by molar-refractivity contribution is -0.110. The lowest BCUT2D eigenvalue weighted by Gasteiger charge is -2.26. The van der Waals surface area contributed by atoms with Gasteiger partial charge < -0.3 is 20.3 Å². The lowest BCUT2D eigenvalue weighted by atomic mass is 9.99. The first-order valence-corrected chi connectivity index (χ1v) is 15.7. The number of fused-ring (bicyclic) bond motifs is 1. The van der Waals surface area contributed by atoms with Gasteiger partial charge in [0.2, 0.25) is 10.0 Å². The van der Waals surface area contributed by atoms with Crippen molar-refractivity contribution in [2.24, 2.45) is 0 Å². The molecular weight excluding hydrogens is 552 g/mol. The molecule has 42 heavy (non-hydrogen) atoms. The van der Waals surface area contributed by atoms with Crippen LogP contribution in [0.1, 0.15) is 48.2 Å². The molecule has 0 atom stereocenters. The fourth-order valence-corrected chi connectivity index (χ4v) is 6.33. The number of ether oxygens (including phenoxy) is 1. The van der Waals surface area contributed by atoms with Crippen LogP contribution in [-0.4, -0.2) is 64.7 Å². The van der Waals surface area contributed by atoms with Gasteiger partial charge in [-0.05, 0) is 69.4 Å². The number of likely N-dealkylation sites (N-methyl/N-ethyl adjacent to an activating group) is 1. The van der Waals surface area contributed by atoms with Crippen LogP contribution in [-0.2, 0) is 19.6 Å². The number of rotatable bonds is 13. The first-order chi connectivity index (χ1) is 20.1. The predicted octanol–water partition coefficient (Wildman–Crippen LogP) is 5.29. The summed E-state index contributed by atoms with van der Waals surface area (Å²) in [6.45, 7) is 4.90. The van der Waals surface area contributed by atoms with Gasteiger partial charge in [-0.15, -0.1) is 0 Å². The molecule has 0 fully saturated rings. The highest BCUT2D eigenvalue weighted by Gasteiger charge is 2.29. The second-order valence-electron chi connectivity index (χ2n) is 10.3. The number of hydrogen-bond donors (Lipinski definition) is 2. The van der Waals surface area contributed by atoms with E-state index in [0.717, 1.165) is 12.0 Å². The van der Waals surface area contributed by atoms with Crippen LogP contribution in [0.15, 0.2) is 72.8 Å². The molecule has 4 rings (SSSR count). The molecular formula is C32H38N4O5S. The standard InChI is InChI=1S/C32H38N4O5S/c1-5-7-21-42(39,40)36(20-19-35(3)4)26-16-14-25(15-17-26)33-30(23-11-9-8-10-12-23)29-27-18-13-24(32(38)41-6-2)22-28(27)34-31(29)37/h8-18,22,33H,5-7,19-21H2,1-4H3,(H,34,37). The van der Waals surface area contributed by atoms with Gasteiger partial charge in [0, 0.05) is 24.3 Å². The number of unbranched alkanes of at least 4 members (excludes halogenated alkanes) is 1. The van der Waals surface area contributed by atoms with Crippen LogP contribution in [0, 0.1) is 0 Å². The van der Waals surface area contributed by atoms with Crippen molar-refractivity contribution in [1.82, 2.24) is 4.90 Å². The SMILES string of the molecule is CCCCS(=O)(=O)N(CCN(C)C)c1ccc(NC(=C2C(=O)Nc3cc(C(=O)OCC)ccc32)c2ccccc2)cc1. The molecule has 0 bridgehead atoms. The van der Waals surface area contributed by atoms with E-state index in [1.54, 1.807) is 37.3 Å². The number of esters is 1. The van der Waals surface area contributed by atoms with Crippen molar-refractivity contribution in [3.63, 3.8) is 0 Å². The Morgan fingerprint density at radius 2 is 1.64 bits per heavy atom. The molecule has 1 heterocycles. The Balaban J connectivity index is 1.71. The summed E-state index contributed by atoms with van der Waals surface area (Å²) < 4.78 is 33.0. The van der Waals surface area contributed by atoms with Gasteiger partial charge in [-0.1, -0.05) is 49.7 Å². The Labute approximate surface area is 248 Å². The monoisotopic (exact) mass is 590 g/mol. The summed E-state index contributed by atoms with van der Waals surface area (Å²) in [7, 11) is 0.340. The molecule has 1 aliphatic rings. The van der Waals surface area contributed by atoms with E-state index in [4.69, 9.17) is 4.74 Å². The summed E-state index contributed by atoms with van der Waals surface area (Å²) in [5.41, 5.74) is 4.64. The Kier molecular flexibility index (Phi) is 10.0. The molecule has 0 aliphatic carbocycles. The molecule has 0 unspecified atom stereocenters. The number of carbonyl (C=O) groups is 2. The third-order valence-corrected chi connectivity index (χ3v) is 8.72. The van der Waals surface area contributed by atoms with E-state index in [0.29, 0.717) is 59.0 Å². The van der Waals surface area contributed by atoms with Gasteiger partial charge in [0.25, 0.3) is 5.91 Å². The van der Waals surface area contributed by atoms with E-state index in [1.165, 1.54) is 4.31 Å². The summed E-state index contributed by atoms with van der Waals surface area (Å²) in [4.78, 5) is 27.5. The number of anilines is 3. The number of benzene rings is 3. The van der Waals surface area contributed by atoms with E-state index in [2.05, 4.69) is 10.6 Å². The maximum absolute atomic E-state index is 13.3. The minimum atomic E-state index is -3.49. The lowest BCUT2D eigenvalue weighted by Crippen LogP contribution is -2.38. The second-order valence-corrected chi connectivity index (χ2v) is 12.3. The third kappa shape index (κ3) is 7.18. The van der Waals surface area contributed by atoms with Crippen molar-refractivity contribution in [2.75, 3.05) is 54.5 Å². The van der Waals surface area contributed by atoms with Crippen molar-refractivity contribution < 1.29 is 22.7 Å². The maximum atomic E-state index is 13.3. The zero-order chi connectivity index (χ0) is 30.3. The summed E-state index contributed by atoms with van der Waals surface area (Å²) in [5, 5.41) is 6.29. The van der Waals surface area contributed by atoms with E-state index >= 15 is 0 Å². The van der Waals surface area contributed by atoms with Crippen LogP contribution in [0.5, 0.6) is 0 Å². The average Bonchev–Trinajstić information content (AvgIpc) is 3.30. The Morgan fingerprint density at radius 1 is 0.929 bits per heavy atom. The van der Waals surface area contributed by atoms with E-state index < -0.39 is 16.0 Å². The van der Waals surface area contributed by atoms with E-state index in [9.17, 15) is 18.0 Å². The summed E-state index contributed by atoms with van der Waals surface area (Å²) in [6.07, 6.45) is 1.39. The second kappa shape index (κ2) is 13.7. The molecule has 10 heteroatoms. The Hall–Kier alpha value is -4.15. The van der Waals surface area contributed by atoms with Gasteiger partial charge in [-0.25, -0.2) is 13.2 Å².